The van der Waals surface area contributed by atoms with Gasteiger partial charge in [0, 0.05) is 16.6 Å². The van der Waals surface area contributed by atoms with Crippen molar-refractivity contribution in [2.24, 2.45) is 5.73 Å². The molecule has 0 aliphatic rings. The molecule has 3 nitrogen and oxygen atoms in total. The highest BCUT2D eigenvalue weighted by Gasteiger charge is 2.10. The predicted molar refractivity (Wildman–Crippen MR) is 77.7 cm³/mol. The fourth-order valence-electron chi connectivity index (χ4n) is 1.94. The number of rotatable bonds is 5. The maximum Gasteiger partial charge on any atom is 0.230 e. The highest BCUT2D eigenvalue weighted by atomic mass is 32.2. The summed E-state index contributed by atoms with van der Waals surface area (Å²) in [4.78, 5) is 10.8. The lowest BCUT2D eigenvalue weighted by Crippen LogP contribution is -2.20. The maximum atomic E-state index is 13.0. The average Bonchev–Trinajstić information content (AvgIpc) is 2.39. The van der Waals surface area contributed by atoms with Gasteiger partial charge in [-0.2, -0.15) is 0 Å². The van der Waals surface area contributed by atoms with E-state index in [-0.39, 0.29) is 17.3 Å². The van der Waals surface area contributed by atoms with Crippen LogP contribution in [-0.2, 0) is 21.3 Å². The Kier molecular flexibility index (Phi) is 4.63. The molecule has 1 amide bonds. The van der Waals surface area contributed by atoms with Crippen LogP contribution >= 0.6 is 0 Å². The summed E-state index contributed by atoms with van der Waals surface area (Å²) in [7, 11) is -1.34. The normalized spacial score (nSPS) is 12.1. The molecular weight excluding hydrogens is 277 g/mol. The summed E-state index contributed by atoms with van der Waals surface area (Å²) >= 11 is 0. The number of nitrogens with two attached hydrogens (primary N) is 1. The van der Waals surface area contributed by atoms with E-state index >= 15 is 0 Å². The van der Waals surface area contributed by atoms with Crippen LogP contribution in [0.25, 0.3) is 11.1 Å². The highest BCUT2D eigenvalue weighted by molar-refractivity contribution is 7.84. The fourth-order valence-corrected chi connectivity index (χ4v) is 2.96. The van der Waals surface area contributed by atoms with Crippen molar-refractivity contribution in [3.05, 3.63) is 59.9 Å². The van der Waals surface area contributed by atoms with Crippen LogP contribution in [0.4, 0.5) is 4.39 Å². The zero-order valence-electron chi connectivity index (χ0n) is 10.7. The van der Waals surface area contributed by atoms with Crippen LogP contribution in [0.15, 0.2) is 48.5 Å². The fraction of sp³-hybridized carbons (Fsp3) is 0.133. The Bertz CT molecular complexity index is 641. The predicted octanol–water partition coefficient (Wildman–Crippen LogP) is 2.23. The summed E-state index contributed by atoms with van der Waals surface area (Å²) in [6.07, 6.45) is 0. The molecule has 0 bridgehead atoms. The molecule has 2 rings (SSSR count). The van der Waals surface area contributed by atoms with Gasteiger partial charge in [-0.05, 0) is 28.8 Å². The van der Waals surface area contributed by atoms with Crippen LogP contribution in [0.2, 0.25) is 0 Å². The number of hydrogen-bond donors (Lipinski definition) is 1. The zero-order valence-corrected chi connectivity index (χ0v) is 11.5. The summed E-state index contributed by atoms with van der Waals surface area (Å²) in [6.45, 7) is 0. The van der Waals surface area contributed by atoms with Crippen molar-refractivity contribution >= 4 is 16.7 Å². The molecule has 2 aromatic rings. The van der Waals surface area contributed by atoms with E-state index < -0.39 is 16.7 Å². The Hall–Kier alpha value is -2.01. The molecule has 2 N–H and O–H groups in total. The Morgan fingerprint density at radius 1 is 1.10 bits per heavy atom. The monoisotopic (exact) mass is 291 g/mol. The Labute approximate surface area is 119 Å². The lowest BCUT2D eigenvalue weighted by molar-refractivity contribution is -0.115. The summed E-state index contributed by atoms with van der Waals surface area (Å²) in [6, 6.07) is 13.5. The first-order valence-electron chi connectivity index (χ1n) is 6.03. The summed E-state index contributed by atoms with van der Waals surface area (Å²) in [5.41, 5.74) is 7.61. The largest absolute Gasteiger partial charge is 0.369 e. The van der Waals surface area contributed by atoms with E-state index in [2.05, 4.69) is 0 Å². The number of halogens is 1. The van der Waals surface area contributed by atoms with Gasteiger partial charge in [0.1, 0.15) is 11.6 Å². The van der Waals surface area contributed by atoms with E-state index in [9.17, 15) is 13.4 Å². The first-order valence-corrected chi connectivity index (χ1v) is 7.52. The molecule has 104 valence electrons. The Morgan fingerprint density at radius 2 is 1.75 bits per heavy atom. The van der Waals surface area contributed by atoms with Gasteiger partial charge in [-0.1, -0.05) is 36.4 Å². The number of carbonyl (C=O) groups is 1. The van der Waals surface area contributed by atoms with Gasteiger partial charge in [0.2, 0.25) is 5.91 Å². The molecule has 2 aromatic carbocycles. The molecule has 0 spiro atoms. The van der Waals surface area contributed by atoms with Crippen molar-refractivity contribution in [2.45, 2.75) is 5.75 Å². The van der Waals surface area contributed by atoms with Crippen molar-refractivity contribution < 1.29 is 13.4 Å². The molecule has 0 radical (unpaired) electrons. The summed E-state index contributed by atoms with van der Waals surface area (Å²) in [5.74, 6) is -0.792. The van der Waals surface area contributed by atoms with Gasteiger partial charge in [0.15, 0.2) is 0 Å². The minimum atomic E-state index is -1.34. The quantitative estimate of drug-likeness (QED) is 0.918. The molecule has 0 aromatic heterocycles. The molecule has 0 saturated carbocycles. The molecular formula is C15H14FNO2S. The lowest BCUT2D eigenvalue weighted by atomic mass is 10.0. The second-order valence-electron chi connectivity index (χ2n) is 4.36. The number of amides is 1. The van der Waals surface area contributed by atoms with Crippen molar-refractivity contribution in [2.75, 3.05) is 5.75 Å². The van der Waals surface area contributed by atoms with E-state index in [1.165, 1.54) is 12.1 Å². The second-order valence-corrected chi connectivity index (χ2v) is 5.82. The van der Waals surface area contributed by atoms with Crippen LogP contribution in [-0.4, -0.2) is 15.9 Å². The molecule has 5 heteroatoms. The first kappa shape index (κ1) is 14.4. The number of hydrogen-bond acceptors (Lipinski definition) is 2. The van der Waals surface area contributed by atoms with Crippen molar-refractivity contribution in [1.29, 1.82) is 0 Å². The van der Waals surface area contributed by atoms with Gasteiger partial charge in [-0.25, -0.2) is 4.39 Å². The minimum Gasteiger partial charge on any atom is -0.369 e. The van der Waals surface area contributed by atoms with E-state index in [0.29, 0.717) is 0 Å². The summed E-state index contributed by atoms with van der Waals surface area (Å²) in [5, 5.41) is 0. The van der Waals surface area contributed by atoms with E-state index in [4.69, 9.17) is 5.73 Å². The Morgan fingerprint density at radius 3 is 2.40 bits per heavy atom. The number of benzene rings is 2. The van der Waals surface area contributed by atoms with Crippen LogP contribution in [0, 0.1) is 5.82 Å². The molecule has 0 saturated heterocycles. The number of primary amides is 1. The molecule has 1 atom stereocenters. The molecule has 0 fully saturated rings. The number of carbonyl (C=O) groups excluding carboxylic acids is 1. The molecule has 20 heavy (non-hydrogen) atoms. The third kappa shape index (κ3) is 3.74. The third-order valence-electron chi connectivity index (χ3n) is 2.79. The van der Waals surface area contributed by atoms with Gasteiger partial charge in [0.25, 0.3) is 0 Å². The first-order chi connectivity index (χ1) is 9.56. The molecule has 0 aliphatic carbocycles. The van der Waals surface area contributed by atoms with Gasteiger partial charge < -0.3 is 5.73 Å². The van der Waals surface area contributed by atoms with Crippen LogP contribution < -0.4 is 5.73 Å². The SMILES string of the molecule is NC(=O)CS(=O)Cc1ccccc1-c1ccc(F)cc1. The molecule has 0 heterocycles. The third-order valence-corrected chi connectivity index (χ3v) is 4.03. The lowest BCUT2D eigenvalue weighted by Gasteiger charge is -2.09. The maximum absolute atomic E-state index is 13.0. The van der Waals surface area contributed by atoms with Gasteiger partial charge in [0.05, 0.1) is 0 Å². The van der Waals surface area contributed by atoms with E-state index in [1.54, 1.807) is 12.1 Å². The van der Waals surface area contributed by atoms with Gasteiger partial charge in [-0.3, -0.25) is 9.00 Å². The van der Waals surface area contributed by atoms with E-state index in [0.717, 1.165) is 16.7 Å². The van der Waals surface area contributed by atoms with Crippen LogP contribution in [0.1, 0.15) is 5.56 Å². The highest BCUT2D eigenvalue weighted by Crippen LogP contribution is 2.24. The topological polar surface area (TPSA) is 60.2 Å². The minimum absolute atomic E-state index is 0.155. The second kappa shape index (κ2) is 6.43. The standard InChI is InChI=1S/C15H14FNO2S/c16-13-7-5-11(6-8-13)14-4-2-1-3-12(14)9-20(19)10-15(17)18/h1-8H,9-10H2,(H2,17,18). The zero-order chi connectivity index (χ0) is 14.5. The van der Waals surface area contributed by atoms with Gasteiger partial charge >= 0.3 is 0 Å². The summed E-state index contributed by atoms with van der Waals surface area (Å²) < 4.78 is 24.8. The Balaban J connectivity index is 2.28. The van der Waals surface area contributed by atoms with Crippen LogP contribution in [0.5, 0.6) is 0 Å². The molecule has 0 aliphatic heterocycles. The molecule has 1 unspecified atom stereocenters. The van der Waals surface area contributed by atoms with Crippen LogP contribution in [0.3, 0.4) is 0 Å². The smallest absolute Gasteiger partial charge is 0.230 e. The van der Waals surface area contributed by atoms with Crippen molar-refractivity contribution in [3.63, 3.8) is 0 Å². The van der Waals surface area contributed by atoms with Crippen molar-refractivity contribution in [1.82, 2.24) is 0 Å². The van der Waals surface area contributed by atoms with Gasteiger partial charge in [-0.15, -0.1) is 0 Å². The average molecular weight is 291 g/mol. The van der Waals surface area contributed by atoms with E-state index in [1.807, 2.05) is 24.3 Å². The van der Waals surface area contributed by atoms with Crippen molar-refractivity contribution in [3.8, 4) is 11.1 Å².